The molecule has 0 aromatic rings. The topological polar surface area (TPSA) is 192 Å². The molecule has 0 heterocycles. The molecule has 0 saturated heterocycles. The van der Waals surface area contributed by atoms with Gasteiger partial charge in [0, 0.05) is 40.8 Å². The van der Waals surface area contributed by atoms with Crippen molar-refractivity contribution in [1.82, 2.24) is 0 Å². The molecule has 11 heteroatoms. The largest absolute Gasteiger partial charge is 0.870 e. The third-order valence-electron chi connectivity index (χ3n) is 0. The van der Waals surface area contributed by atoms with E-state index < -0.39 is 0 Å². The average Bonchev–Trinajstić information content (AvgIpc) is 2.33. The van der Waals surface area contributed by atoms with Gasteiger partial charge in [-0.25, -0.2) is 0 Å². The molecule has 0 amide bonds. The van der Waals surface area contributed by atoms with E-state index in [1.165, 1.54) is 0 Å². The van der Waals surface area contributed by atoms with Crippen molar-refractivity contribution < 1.29 is 86.0 Å². The molecule has 0 aromatic heterocycles. The fourth-order valence-electron chi connectivity index (χ4n) is 0. The standard InChI is InChI=1S/6CH2O.3H2O.2Re/c6*1-2;;;;;/h6*1H2;3*1H2;;/p-3. The van der Waals surface area contributed by atoms with Crippen LogP contribution in [0.3, 0.4) is 0 Å². The van der Waals surface area contributed by atoms with Gasteiger partial charge in [-0.3, -0.25) is 0 Å². The smallest absolute Gasteiger partial charge is 0.106 e. The van der Waals surface area contributed by atoms with Crippen LogP contribution in [0.5, 0.6) is 0 Å². The van der Waals surface area contributed by atoms with E-state index in [2.05, 4.69) is 0 Å². The predicted molar refractivity (Wildman–Crippen MR) is 48.5 cm³/mol. The van der Waals surface area contributed by atoms with Crippen LogP contribution in [0.1, 0.15) is 0 Å². The summed E-state index contributed by atoms with van der Waals surface area (Å²) < 4.78 is 0. The van der Waals surface area contributed by atoms with Gasteiger partial charge in [0.05, 0.1) is 0 Å². The van der Waals surface area contributed by atoms with Crippen LogP contribution >= 0.6 is 0 Å². The van der Waals surface area contributed by atoms with Crippen molar-refractivity contribution in [3.8, 4) is 0 Å². The van der Waals surface area contributed by atoms with Gasteiger partial charge in [0.15, 0.2) is 0 Å². The molecule has 3 N–H and O–H groups in total. The molecule has 0 aliphatic heterocycles. The van der Waals surface area contributed by atoms with Crippen LogP contribution in [0.2, 0.25) is 0 Å². The summed E-state index contributed by atoms with van der Waals surface area (Å²) in [5.41, 5.74) is 0. The Morgan fingerprint density at radius 3 is 0.294 bits per heavy atom. The molecule has 0 saturated carbocycles. The molecule has 0 unspecified atom stereocenters. The molecular weight excluding hydrogens is 588 g/mol. The van der Waals surface area contributed by atoms with Crippen LogP contribution in [0.25, 0.3) is 0 Å². The van der Waals surface area contributed by atoms with E-state index in [0.29, 0.717) is 0 Å². The molecule has 0 bridgehead atoms. The number of carbonyl (C=O) groups excluding carboxylic acids is 6. The summed E-state index contributed by atoms with van der Waals surface area (Å²) >= 11 is 0. The van der Waals surface area contributed by atoms with Gasteiger partial charge in [0.25, 0.3) is 0 Å². The van der Waals surface area contributed by atoms with Crippen LogP contribution in [0.4, 0.5) is 0 Å². The zero-order chi connectivity index (χ0) is 12.0. The second-order valence-electron chi connectivity index (χ2n) is 0. The van der Waals surface area contributed by atoms with Gasteiger partial charge in [-0.05, 0) is 0 Å². The first-order valence-electron chi connectivity index (χ1n) is 1.73. The van der Waals surface area contributed by atoms with Gasteiger partial charge >= 0.3 is 0 Å². The van der Waals surface area contributed by atoms with E-state index in [9.17, 15) is 0 Å². The fourth-order valence-corrected chi connectivity index (χ4v) is 0. The number of hydrogen-bond acceptors (Lipinski definition) is 9. The van der Waals surface area contributed by atoms with Gasteiger partial charge in [-0.1, -0.05) is 0 Å². The molecule has 0 aliphatic rings. The monoisotopic (exact) mass is 605 g/mol. The summed E-state index contributed by atoms with van der Waals surface area (Å²) in [7, 11) is 0. The molecule has 0 aromatic carbocycles. The Bertz CT molecular complexity index is 39.0. The van der Waals surface area contributed by atoms with Crippen LogP contribution in [0, 0.1) is 0 Å². The second kappa shape index (κ2) is 5120. The SMILES string of the molecule is C=O.C=O.C=O.C=O.C=O.C=O.[OH-].[OH-].[OH-].[Re].[Re]. The maximum Gasteiger partial charge on any atom is 0.106 e. The fraction of sp³-hybridized carbons (Fsp3) is 0. The van der Waals surface area contributed by atoms with Gasteiger partial charge in [0.1, 0.15) is 40.7 Å². The molecule has 9 nitrogen and oxygen atoms in total. The molecule has 2 radical (unpaired) electrons. The van der Waals surface area contributed by atoms with E-state index in [-0.39, 0.29) is 57.3 Å². The molecule has 0 fully saturated rings. The van der Waals surface area contributed by atoms with Crippen molar-refractivity contribution in [2.24, 2.45) is 0 Å². The Kier molecular flexibility index (Phi) is 41500. The predicted octanol–water partition coefficient (Wildman–Crippen LogP) is -1.64. The molecule has 0 rings (SSSR count). The summed E-state index contributed by atoms with van der Waals surface area (Å²) in [5, 5.41) is 0. The summed E-state index contributed by atoms with van der Waals surface area (Å²) in [6, 6.07) is 0. The molecule has 0 aliphatic carbocycles. The Morgan fingerprint density at radius 1 is 0.294 bits per heavy atom. The quantitative estimate of drug-likeness (QED) is 0.312. The minimum atomic E-state index is 0. The Balaban J connectivity index is -0.00000000267. The van der Waals surface area contributed by atoms with E-state index in [1.807, 2.05) is 40.7 Å². The van der Waals surface area contributed by atoms with Gasteiger partial charge in [-0.15, -0.1) is 0 Å². The summed E-state index contributed by atoms with van der Waals surface area (Å²) in [5.74, 6) is 0. The summed E-state index contributed by atoms with van der Waals surface area (Å²) in [6.45, 7) is 12.0. The molecule has 17 heavy (non-hydrogen) atoms. The second-order valence-corrected chi connectivity index (χ2v) is 0. The summed E-state index contributed by atoms with van der Waals surface area (Å²) in [6.07, 6.45) is 0. The maximum absolute atomic E-state index is 8.00. The number of hydrogen-bond donors (Lipinski definition) is 0. The van der Waals surface area contributed by atoms with Crippen molar-refractivity contribution in [2.75, 3.05) is 0 Å². The van der Waals surface area contributed by atoms with Crippen molar-refractivity contribution >= 4 is 40.7 Å². The van der Waals surface area contributed by atoms with Crippen LogP contribution in [-0.4, -0.2) is 57.2 Å². The van der Waals surface area contributed by atoms with Crippen molar-refractivity contribution in [3.05, 3.63) is 0 Å². The number of carbonyl (C=O) groups is 6. The van der Waals surface area contributed by atoms with E-state index in [1.54, 1.807) is 0 Å². The Hall–Kier alpha value is -0.775. The zero-order valence-corrected chi connectivity index (χ0v) is 14.2. The third-order valence-corrected chi connectivity index (χ3v) is 0. The Labute approximate surface area is 127 Å². The summed E-state index contributed by atoms with van der Waals surface area (Å²) in [4.78, 5) is 48.0. The molecular formula is C6H15O9Re2-3. The van der Waals surface area contributed by atoms with Gasteiger partial charge in [0.2, 0.25) is 0 Å². The minimum absolute atomic E-state index is 0. The first-order chi connectivity index (χ1) is 6.00. The van der Waals surface area contributed by atoms with Crippen LogP contribution in [0.15, 0.2) is 0 Å². The van der Waals surface area contributed by atoms with E-state index in [4.69, 9.17) is 28.8 Å². The van der Waals surface area contributed by atoms with E-state index >= 15 is 0 Å². The first kappa shape index (κ1) is 138. The third kappa shape index (κ3) is 4430. The van der Waals surface area contributed by atoms with Gasteiger partial charge < -0.3 is 45.2 Å². The van der Waals surface area contributed by atoms with E-state index in [0.717, 1.165) is 0 Å². The first-order valence-corrected chi connectivity index (χ1v) is 1.73. The van der Waals surface area contributed by atoms with Crippen molar-refractivity contribution in [3.63, 3.8) is 0 Å². The molecule has 110 valence electrons. The molecule has 0 atom stereocenters. The average molecular weight is 604 g/mol. The van der Waals surface area contributed by atoms with Crippen molar-refractivity contribution in [2.45, 2.75) is 0 Å². The normalized spacial score (nSPS) is 1.41. The number of rotatable bonds is 0. The van der Waals surface area contributed by atoms with Crippen LogP contribution in [-0.2, 0) is 69.6 Å². The molecule has 0 spiro atoms. The maximum atomic E-state index is 8.00. The minimum Gasteiger partial charge on any atom is -0.870 e. The zero-order valence-electron chi connectivity index (χ0n) is 8.79. The Morgan fingerprint density at radius 2 is 0.294 bits per heavy atom. The van der Waals surface area contributed by atoms with Gasteiger partial charge in [-0.2, -0.15) is 0 Å². The van der Waals surface area contributed by atoms with Crippen molar-refractivity contribution in [1.29, 1.82) is 0 Å². The van der Waals surface area contributed by atoms with Crippen LogP contribution < -0.4 is 0 Å².